The first kappa shape index (κ1) is 31.0. The highest BCUT2D eigenvalue weighted by molar-refractivity contribution is 5.92. The van der Waals surface area contributed by atoms with Crippen LogP contribution in [0, 0.1) is 11.8 Å². The minimum absolute atomic E-state index is 0.106. The summed E-state index contributed by atoms with van der Waals surface area (Å²) >= 11 is 0. The molecule has 0 spiro atoms. The van der Waals surface area contributed by atoms with Gasteiger partial charge in [0, 0.05) is 12.0 Å². The molecule has 6 atom stereocenters. The Bertz CT molecular complexity index is 1350. The number of methoxy groups -OCH3 is 1. The van der Waals surface area contributed by atoms with E-state index in [2.05, 4.69) is 5.32 Å². The van der Waals surface area contributed by atoms with Crippen molar-refractivity contribution < 1.29 is 28.6 Å². The van der Waals surface area contributed by atoms with E-state index in [1.807, 2.05) is 39.0 Å². The zero-order valence-corrected chi connectivity index (χ0v) is 26.2. The fraction of sp³-hybridized carbons (Fsp3) is 0.667. The molecule has 3 aliphatic rings. The highest BCUT2D eigenvalue weighted by Crippen LogP contribution is 2.42. The van der Waals surface area contributed by atoms with Crippen LogP contribution in [-0.4, -0.2) is 70.1 Å². The number of nitrogens with one attached hydrogen (secondary N) is 1. The lowest BCUT2D eigenvalue weighted by Gasteiger charge is -2.33. The monoisotopic (exact) mass is 594 g/mol. The molecular formula is C33H46N4O6. The number of ketones is 1. The van der Waals surface area contributed by atoms with Gasteiger partial charge in [-0.3, -0.25) is 9.59 Å². The molecule has 0 radical (unpaired) electrons. The third kappa shape index (κ3) is 6.43. The Kier molecular flexibility index (Phi) is 9.42. The molecule has 2 aromatic rings. The number of amides is 2. The van der Waals surface area contributed by atoms with E-state index < -0.39 is 29.9 Å². The number of hydrogen-bond donors (Lipinski definition) is 1. The van der Waals surface area contributed by atoms with Gasteiger partial charge < -0.3 is 24.4 Å². The molecule has 1 aromatic carbocycles. The van der Waals surface area contributed by atoms with E-state index >= 15 is 0 Å². The molecule has 1 saturated carbocycles. The van der Waals surface area contributed by atoms with Crippen LogP contribution in [0.3, 0.4) is 0 Å². The molecule has 2 aliphatic heterocycles. The first-order valence-corrected chi connectivity index (χ1v) is 16.0. The number of hydrogen-bond acceptors (Lipinski definition) is 8. The second-order valence-corrected chi connectivity index (χ2v) is 12.6. The van der Waals surface area contributed by atoms with Gasteiger partial charge >= 0.3 is 6.09 Å². The Morgan fingerprint density at radius 1 is 1.09 bits per heavy atom. The maximum atomic E-state index is 14.0. The summed E-state index contributed by atoms with van der Waals surface area (Å²) in [5, 5.41) is 2.84. The third-order valence-corrected chi connectivity index (χ3v) is 9.82. The second-order valence-electron chi connectivity index (χ2n) is 12.6. The van der Waals surface area contributed by atoms with Gasteiger partial charge in [-0.25, -0.2) is 14.8 Å². The summed E-state index contributed by atoms with van der Waals surface area (Å²) < 4.78 is 18.1. The molecule has 1 aromatic heterocycles. The first-order valence-electron chi connectivity index (χ1n) is 16.0. The lowest BCUT2D eigenvalue weighted by Crippen LogP contribution is -2.53. The van der Waals surface area contributed by atoms with Crippen molar-refractivity contribution >= 4 is 28.8 Å². The lowest BCUT2D eigenvalue weighted by atomic mass is 9.87. The molecule has 10 heteroatoms. The van der Waals surface area contributed by atoms with Gasteiger partial charge in [-0.2, -0.15) is 0 Å². The van der Waals surface area contributed by atoms with Crippen LogP contribution in [0.1, 0.15) is 91.2 Å². The number of fused-ring (bicyclic) bond motifs is 5. The van der Waals surface area contributed by atoms with Gasteiger partial charge in [-0.15, -0.1) is 0 Å². The van der Waals surface area contributed by atoms with Crippen LogP contribution in [0.4, 0.5) is 4.79 Å². The third-order valence-electron chi connectivity index (χ3n) is 9.82. The molecule has 1 aliphatic carbocycles. The summed E-state index contributed by atoms with van der Waals surface area (Å²) in [5.74, 6) is 0.756. The van der Waals surface area contributed by atoms with Crippen molar-refractivity contribution in [1.29, 1.82) is 0 Å². The molecule has 43 heavy (non-hydrogen) atoms. The van der Waals surface area contributed by atoms with E-state index in [9.17, 15) is 14.4 Å². The number of carbonyl (C=O) groups excluding carboxylic acids is 3. The van der Waals surface area contributed by atoms with Crippen molar-refractivity contribution in [3.05, 3.63) is 23.9 Å². The number of Topliss-reactive ketones (excluding diaryl/α,β-unsaturated/α-hetero) is 1. The number of ether oxygens (including phenoxy) is 3. The van der Waals surface area contributed by atoms with Crippen molar-refractivity contribution in [3.63, 3.8) is 0 Å². The maximum absolute atomic E-state index is 14.0. The molecular weight excluding hydrogens is 548 g/mol. The van der Waals surface area contributed by atoms with Gasteiger partial charge in [0.1, 0.15) is 29.2 Å². The van der Waals surface area contributed by atoms with Crippen LogP contribution in [0.5, 0.6) is 11.6 Å². The van der Waals surface area contributed by atoms with Crippen molar-refractivity contribution in [2.45, 2.75) is 116 Å². The van der Waals surface area contributed by atoms with Crippen molar-refractivity contribution in [2.24, 2.45) is 11.8 Å². The Morgan fingerprint density at radius 3 is 2.60 bits per heavy atom. The van der Waals surface area contributed by atoms with E-state index in [0.29, 0.717) is 36.4 Å². The number of aryl methyl sites for hydroxylation is 1. The van der Waals surface area contributed by atoms with Gasteiger partial charge in [0.2, 0.25) is 11.8 Å². The van der Waals surface area contributed by atoms with Crippen LogP contribution in [0.2, 0.25) is 0 Å². The minimum atomic E-state index is -0.809. The Labute approximate surface area is 254 Å². The number of benzene rings is 1. The predicted octanol–water partition coefficient (Wildman–Crippen LogP) is 5.39. The molecule has 3 heterocycles. The van der Waals surface area contributed by atoms with E-state index in [-0.39, 0.29) is 30.1 Å². The quantitative estimate of drug-likeness (QED) is 0.500. The fourth-order valence-electron chi connectivity index (χ4n) is 7.39. The molecule has 1 saturated heterocycles. The molecule has 0 unspecified atom stereocenters. The summed E-state index contributed by atoms with van der Waals surface area (Å²) in [6, 6.07) is 4.15. The van der Waals surface area contributed by atoms with Crippen LogP contribution >= 0.6 is 0 Å². The topological polar surface area (TPSA) is 120 Å². The summed E-state index contributed by atoms with van der Waals surface area (Å²) in [6.45, 7) is 7.61. The minimum Gasteiger partial charge on any atom is -0.497 e. The first-order chi connectivity index (χ1) is 20.7. The van der Waals surface area contributed by atoms with E-state index in [1.54, 1.807) is 12.0 Å². The standard InChI is InChI=1S/C33H46N4O6/c1-6-23-28-19-37(29(23)20(3)38)31(39)24(7-2)36-32(40)43-33(4)17-11-13-21(33)12-9-8-10-14-26-30(42-28)35-27-18-22(41-5)15-16-25(27)34-26/h15-16,18,21,23-24,28-29H,6-14,17,19H2,1-5H3,(H,36,40)/t21-,23-,24+,28+,29-,33-/m1/s1. The summed E-state index contributed by atoms with van der Waals surface area (Å²) in [4.78, 5) is 51.6. The number of rotatable bonds is 4. The average Bonchev–Trinajstić information content (AvgIpc) is 3.54. The van der Waals surface area contributed by atoms with Gasteiger partial charge in [0.15, 0.2) is 5.78 Å². The van der Waals surface area contributed by atoms with Gasteiger partial charge in [-0.05, 0) is 83.3 Å². The van der Waals surface area contributed by atoms with Crippen molar-refractivity contribution in [3.8, 4) is 11.6 Å². The molecule has 234 valence electrons. The molecule has 2 amide bonds. The summed E-state index contributed by atoms with van der Waals surface area (Å²) in [5.41, 5.74) is 1.65. The highest BCUT2D eigenvalue weighted by Gasteiger charge is 2.49. The maximum Gasteiger partial charge on any atom is 0.408 e. The number of aromatic nitrogens is 2. The fourth-order valence-corrected chi connectivity index (χ4v) is 7.39. The van der Waals surface area contributed by atoms with Crippen LogP contribution in [-0.2, 0) is 20.7 Å². The number of alkyl carbamates (subject to hydrolysis) is 1. The van der Waals surface area contributed by atoms with Crippen LogP contribution in [0.15, 0.2) is 18.2 Å². The Hall–Kier alpha value is -3.43. The average molecular weight is 595 g/mol. The lowest BCUT2D eigenvalue weighted by molar-refractivity contribution is -0.139. The van der Waals surface area contributed by atoms with E-state index in [4.69, 9.17) is 24.2 Å². The number of nitrogens with zero attached hydrogens (tertiary/aromatic N) is 3. The normalized spacial score (nSPS) is 30.3. The molecule has 5 rings (SSSR count). The smallest absolute Gasteiger partial charge is 0.408 e. The van der Waals surface area contributed by atoms with Crippen LogP contribution in [0.25, 0.3) is 11.0 Å². The number of carbonyl (C=O) groups is 3. The van der Waals surface area contributed by atoms with E-state index in [1.165, 1.54) is 6.92 Å². The highest BCUT2D eigenvalue weighted by atomic mass is 16.6. The summed E-state index contributed by atoms with van der Waals surface area (Å²) in [7, 11) is 1.61. The Morgan fingerprint density at radius 2 is 1.88 bits per heavy atom. The SMILES string of the molecule is CC[C@@H]1[C@@H]2CN(C(=O)[C@H](CC)NC(=O)O[C@]3(C)CCC[C@H]3CCCCCc3nc4ccc(OC)cc4nc3O2)[C@@H]1C(C)=O. The predicted molar refractivity (Wildman–Crippen MR) is 162 cm³/mol. The molecule has 2 fully saturated rings. The van der Waals surface area contributed by atoms with E-state index in [0.717, 1.165) is 56.2 Å². The van der Waals surface area contributed by atoms with Crippen molar-refractivity contribution in [2.75, 3.05) is 13.7 Å². The summed E-state index contributed by atoms with van der Waals surface area (Å²) in [6.07, 6.45) is 7.44. The molecule has 1 N–H and O–H groups in total. The van der Waals surface area contributed by atoms with Gasteiger partial charge in [0.05, 0.1) is 30.7 Å². The van der Waals surface area contributed by atoms with Crippen molar-refractivity contribution in [1.82, 2.24) is 20.2 Å². The Balaban J connectivity index is 1.52. The van der Waals surface area contributed by atoms with Gasteiger partial charge in [0.25, 0.3) is 0 Å². The molecule has 10 nitrogen and oxygen atoms in total. The zero-order valence-electron chi connectivity index (χ0n) is 26.2. The zero-order chi connectivity index (χ0) is 30.7. The second kappa shape index (κ2) is 13.1. The van der Waals surface area contributed by atoms with Crippen LogP contribution < -0.4 is 14.8 Å². The molecule has 2 bridgehead atoms. The van der Waals surface area contributed by atoms with Gasteiger partial charge in [-0.1, -0.05) is 26.7 Å². The largest absolute Gasteiger partial charge is 0.497 e.